The summed E-state index contributed by atoms with van der Waals surface area (Å²) in [5, 5.41) is 9.36. The van der Waals surface area contributed by atoms with Crippen molar-refractivity contribution >= 4 is 11.8 Å². The van der Waals surface area contributed by atoms with Crippen molar-refractivity contribution in [2.75, 3.05) is 0 Å². The monoisotopic (exact) mass is 296 g/mol. The summed E-state index contributed by atoms with van der Waals surface area (Å²) >= 11 is 0. The average molecular weight is 296 g/mol. The minimum Gasteiger partial charge on any atom is -0.488 e. The maximum atomic E-state index is 12.7. The lowest BCUT2D eigenvalue weighted by molar-refractivity contribution is -0.142. The van der Waals surface area contributed by atoms with Gasteiger partial charge < -0.3 is 9.84 Å². The first-order chi connectivity index (χ1) is 10.4. The Morgan fingerprint density at radius 2 is 1.86 bits per heavy atom. The standard InChI is InChI=1S/C18H16O4/c1-18(2,17(20)21)12-7-8-15-14(9-12)16(19)13-6-4-3-5-11(13)10-22-15/h3-9H,10H2,1-2H3,(H,20,21). The fourth-order valence-electron chi connectivity index (χ4n) is 2.51. The van der Waals surface area contributed by atoms with Gasteiger partial charge in [0.25, 0.3) is 0 Å². The van der Waals surface area contributed by atoms with Crippen molar-refractivity contribution in [1.82, 2.24) is 0 Å². The molecule has 0 saturated heterocycles. The zero-order chi connectivity index (χ0) is 15.9. The van der Waals surface area contributed by atoms with Gasteiger partial charge in [0.15, 0.2) is 5.78 Å². The Labute approximate surface area is 128 Å². The molecule has 1 aliphatic heterocycles. The molecule has 0 amide bonds. The highest BCUT2D eigenvalue weighted by atomic mass is 16.5. The molecule has 0 radical (unpaired) electrons. The van der Waals surface area contributed by atoms with Crippen molar-refractivity contribution in [3.05, 3.63) is 64.7 Å². The van der Waals surface area contributed by atoms with Gasteiger partial charge in [0.1, 0.15) is 12.4 Å². The van der Waals surface area contributed by atoms with Crippen LogP contribution < -0.4 is 4.74 Å². The summed E-state index contributed by atoms with van der Waals surface area (Å²) in [5.41, 5.74) is 1.36. The van der Waals surface area contributed by atoms with Crippen molar-refractivity contribution < 1.29 is 19.4 Å². The molecule has 0 spiro atoms. The Hall–Kier alpha value is -2.62. The number of carbonyl (C=O) groups excluding carboxylic acids is 1. The maximum absolute atomic E-state index is 12.7. The largest absolute Gasteiger partial charge is 0.488 e. The van der Waals surface area contributed by atoms with E-state index in [9.17, 15) is 14.7 Å². The predicted octanol–water partition coefficient (Wildman–Crippen LogP) is 3.17. The molecule has 1 aliphatic rings. The van der Waals surface area contributed by atoms with Gasteiger partial charge in [0, 0.05) is 11.1 Å². The molecule has 4 nitrogen and oxygen atoms in total. The fraction of sp³-hybridized carbons (Fsp3) is 0.222. The topological polar surface area (TPSA) is 63.6 Å². The van der Waals surface area contributed by atoms with Crippen LogP contribution in [-0.2, 0) is 16.8 Å². The van der Waals surface area contributed by atoms with Gasteiger partial charge in [-0.3, -0.25) is 9.59 Å². The normalized spacial score (nSPS) is 13.6. The van der Waals surface area contributed by atoms with Crippen molar-refractivity contribution in [3.63, 3.8) is 0 Å². The lowest BCUT2D eigenvalue weighted by Crippen LogP contribution is -2.28. The molecule has 4 heteroatoms. The second-order valence-electron chi connectivity index (χ2n) is 5.92. The second-order valence-corrected chi connectivity index (χ2v) is 5.92. The van der Waals surface area contributed by atoms with E-state index >= 15 is 0 Å². The molecular weight excluding hydrogens is 280 g/mol. The fourth-order valence-corrected chi connectivity index (χ4v) is 2.51. The molecule has 0 aromatic heterocycles. The first kappa shape index (κ1) is 14.3. The third-order valence-electron chi connectivity index (χ3n) is 4.13. The molecule has 2 aromatic carbocycles. The van der Waals surface area contributed by atoms with E-state index < -0.39 is 11.4 Å². The van der Waals surface area contributed by atoms with E-state index in [-0.39, 0.29) is 5.78 Å². The highest BCUT2D eigenvalue weighted by Gasteiger charge is 2.31. The third-order valence-corrected chi connectivity index (χ3v) is 4.13. The smallest absolute Gasteiger partial charge is 0.313 e. The molecule has 1 heterocycles. The van der Waals surface area contributed by atoms with Gasteiger partial charge in [-0.1, -0.05) is 30.3 Å². The highest BCUT2D eigenvalue weighted by molar-refractivity contribution is 6.12. The van der Waals surface area contributed by atoms with Gasteiger partial charge in [0.2, 0.25) is 0 Å². The lowest BCUT2D eigenvalue weighted by atomic mass is 9.83. The Morgan fingerprint density at radius 3 is 2.59 bits per heavy atom. The van der Waals surface area contributed by atoms with Crippen LogP contribution in [0.2, 0.25) is 0 Å². The summed E-state index contributed by atoms with van der Waals surface area (Å²) in [7, 11) is 0. The number of ether oxygens (including phenoxy) is 1. The van der Waals surface area contributed by atoms with E-state index in [4.69, 9.17) is 4.74 Å². The van der Waals surface area contributed by atoms with Crippen molar-refractivity contribution in [2.45, 2.75) is 25.9 Å². The maximum Gasteiger partial charge on any atom is 0.313 e. The molecule has 0 unspecified atom stereocenters. The Bertz CT molecular complexity index is 774. The summed E-state index contributed by atoms with van der Waals surface area (Å²) in [6.45, 7) is 3.57. The van der Waals surface area contributed by atoms with Crippen LogP contribution in [0.1, 0.15) is 40.9 Å². The summed E-state index contributed by atoms with van der Waals surface area (Å²) in [4.78, 5) is 24.2. The van der Waals surface area contributed by atoms with Gasteiger partial charge in [-0.25, -0.2) is 0 Å². The molecule has 22 heavy (non-hydrogen) atoms. The second kappa shape index (κ2) is 4.98. The number of fused-ring (bicyclic) bond motifs is 2. The van der Waals surface area contributed by atoms with Crippen molar-refractivity contribution in [1.29, 1.82) is 0 Å². The number of ketones is 1. The van der Waals surface area contributed by atoms with E-state index in [1.54, 1.807) is 38.1 Å². The molecule has 112 valence electrons. The van der Waals surface area contributed by atoms with Crippen LogP contribution in [0.25, 0.3) is 0 Å². The van der Waals surface area contributed by atoms with Crippen molar-refractivity contribution in [2.24, 2.45) is 0 Å². The molecule has 0 atom stereocenters. The number of carboxylic acids is 1. The van der Waals surface area contributed by atoms with Gasteiger partial charge in [-0.2, -0.15) is 0 Å². The zero-order valence-corrected chi connectivity index (χ0v) is 12.4. The molecule has 3 rings (SSSR count). The van der Waals surface area contributed by atoms with E-state index in [0.717, 1.165) is 5.56 Å². The SMILES string of the molecule is CC(C)(C(=O)O)c1ccc2c(c1)C(=O)c1ccccc1CO2. The first-order valence-corrected chi connectivity index (χ1v) is 7.04. The number of benzene rings is 2. The quantitative estimate of drug-likeness (QED) is 0.924. The summed E-state index contributed by atoms with van der Waals surface area (Å²) in [6, 6.07) is 12.3. The number of carbonyl (C=O) groups is 2. The molecule has 0 fully saturated rings. The number of hydrogen-bond acceptors (Lipinski definition) is 3. The van der Waals surface area contributed by atoms with Gasteiger partial charge >= 0.3 is 5.97 Å². The van der Waals surface area contributed by atoms with E-state index in [2.05, 4.69) is 0 Å². The minimum atomic E-state index is -1.07. The van der Waals surface area contributed by atoms with E-state index in [1.807, 2.05) is 18.2 Å². The number of carboxylic acid groups (broad SMARTS) is 1. The molecular formula is C18H16O4. The third kappa shape index (κ3) is 2.17. The lowest BCUT2D eigenvalue weighted by Gasteiger charge is -2.21. The number of hydrogen-bond donors (Lipinski definition) is 1. The van der Waals surface area contributed by atoms with E-state index in [0.29, 0.717) is 29.0 Å². The van der Waals surface area contributed by atoms with Gasteiger partial charge in [-0.05, 0) is 31.5 Å². The van der Waals surface area contributed by atoms with Crippen LogP contribution in [0.4, 0.5) is 0 Å². The molecule has 0 aliphatic carbocycles. The first-order valence-electron chi connectivity index (χ1n) is 7.04. The van der Waals surface area contributed by atoms with E-state index in [1.165, 1.54) is 0 Å². The van der Waals surface area contributed by atoms with Crippen LogP contribution >= 0.6 is 0 Å². The number of aliphatic carboxylic acids is 1. The molecule has 1 N–H and O–H groups in total. The Kier molecular flexibility index (Phi) is 3.24. The van der Waals surface area contributed by atoms with Crippen molar-refractivity contribution in [3.8, 4) is 5.75 Å². The van der Waals surface area contributed by atoms with Crippen LogP contribution in [0.15, 0.2) is 42.5 Å². The highest BCUT2D eigenvalue weighted by Crippen LogP contribution is 2.33. The molecule has 2 aromatic rings. The minimum absolute atomic E-state index is 0.133. The Morgan fingerprint density at radius 1 is 1.14 bits per heavy atom. The number of rotatable bonds is 2. The van der Waals surface area contributed by atoms with Gasteiger partial charge in [-0.15, -0.1) is 0 Å². The van der Waals surface area contributed by atoms with Crippen LogP contribution in [0.5, 0.6) is 5.75 Å². The predicted molar refractivity (Wildman–Crippen MR) is 81.3 cm³/mol. The van der Waals surface area contributed by atoms with Gasteiger partial charge in [0.05, 0.1) is 11.0 Å². The summed E-state index contributed by atoms with van der Waals surface area (Å²) < 4.78 is 5.71. The van der Waals surface area contributed by atoms with Crippen LogP contribution in [0, 0.1) is 0 Å². The Balaban J connectivity index is 2.14. The average Bonchev–Trinajstić information content (AvgIpc) is 2.65. The summed E-state index contributed by atoms with van der Waals surface area (Å²) in [6.07, 6.45) is 0. The van der Waals surface area contributed by atoms with Crippen LogP contribution in [0.3, 0.4) is 0 Å². The zero-order valence-electron chi connectivity index (χ0n) is 12.4. The summed E-state index contributed by atoms with van der Waals surface area (Å²) in [5.74, 6) is -0.577. The molecule has 0 saturated carbocycles. The molecule has 0 bridgehead atoms. The van der Waals surface area contributed by atoms with Crippen LogP contribution in [-0.4, -0.2) is 16.9 Å².